The van der Waals surface area contributed by atoms with Gasteiger partial charge in [-0.25, -0.2) is 14.6 Å². The quantitative estimate of drug-likeness (QED) is 0.343. The third-order valence-electron chi connectivity index (χ3n) is 5.04. The predicted octanol–water partition coefficient (Wildman–Crippen LogP) is 5.85. The molecule has 0 bridgehead atoms. The number of hydrogen-bond donors (Lipinski definition) is 2. The van der Waals surface area contributed by atoms with Crippen LogP contribution in [0.2, 0.25) is 5.02 Å². The minimum absolute atomic E-state index is 0.0553. The van der Waals surface area contributed by atoms with Crippen molar-refractivity contribution in [2.45, 2.75) is 13.3 Å². The summed E-state index contributed by atoms with van der Waals surface area (Å²) in [6.07, 6.45) is -0.167. The Kier molecular flexibility index (Phi) is 6.89. The minimum atomic E-state index is -1.11. The van der Waals surface area contributed by atoms with Crippen molar-refractivity contribution in [3.8, 4) is 22.6 Å². The van der Waals surface area contributed by atoms with E-state index in [1.165, 1.54) is 6.07 Å². The number of carboxylic acid groups (broad SMARTS) is 1. The second-order valence-corrected chi connectivity index (χ2v) is 7.78. The van der Waals surface area contributed by atoms with E-state index in [1.807, 2.05) is 18.2 Å². The third kappa shape index (κ3) is 5.24. The van der Waals surface area contributed by atoms with Crippen molar-refractivity contribution < 1.29 is 24.0 Å². The lowest BCUT2D eigenvalue weighted by atomic mass is 10.0. The average molecular weight is 478 g/mol. The highest BCUT2D eigenvalue weighted by Gasteiger charge is 2.19. The highest BCUT2D eigenvalue weighted by molar-refractivity contribution is 6.31. The number of anilines is 1. The van der Waals surface area contributed by atoms with E-state index < -0.39 is 12.1 Å². The van der Waals surface area contributed by atoms with Crippen molar-refractivity contribution in [3.63, 3.8) is 0 Å². The zero-order valence-electron chi connectivity index (χ0n) is 18.1. The number of aromatic nitrogens is 2. The number of aromatic carboxylic acids is 1. The zero-order valence-corrected chi connectivity index (χ0v) is 18.9. The lowest BCUT2D eigenvalue weighted by molar-refractivity contribution is 0.0690. The Labute approximate surface area is 200 Å². The number of ether oxygens (including phenoxy) is 1. The molecule has 172 valence electrons. The highest BCUT2D eigenvalue weighted by Crippen LogP contribution is 2.33. The molecule has 0 saturated heterocycles. The van der Waals surface area contributed by atoms with Crippen LogP contribution in [0.25, 0.3) is 22.6 Å². The van der Waals surface area contributed by atoms with Crippen molar-refractivity contribution in [3.05, 3.63) is 88.7 Å². The summed E-state index contributed by atoms with van der Waals surface area (Å²) in [6.45, 7) is 1.85. The van der Waals surface area contributed by atoms with Crippen LogP contribution < -0.4 is 5.32 Å². The monoisotopic (exact) mass is 477 g/mol. The Morgan fingerprint density at radius 3 is 2.62 bits per heavy atom. The van der Waals surface area contributed by atoms with Crippen molar-refractivity contribution in [2.24, 2.45) is 0 Å². The van der Waals surface area contributed by atoms with Crippen LogP contribution in [0.5, 0.6) is 0 Å². The van der Waals surface area contributed by atoms with E-state index >= 15 is 0 Å². The van der Waals surface area contributed by atoms with Gasteiger partial charge < -0.3 is 14.4 Å². The smallest absolute Gasteiger partial charge is 0.411 e. The largest absolute Gasteiger partial charge is 0.477 e. The summed E-state index contributed by atoms with van der Waals surface area (Å²) in [5.74, 6) is -0.764. The number of pyridine rings is 1. The van der Waals surface area contributed by atoms with Crippen LogP contribution in [0.1, 0.15) is 21.7 Å². The number of benzene rings is 2. The van der Waals surface area contributed by atoms with Gasteiger partial charge >= 0.3 is 12.1 Å². The van der Waals surface area contributed by atoms with Crippen LogP contribution in [0.4, 0.5) is 10.5 Å². The number of aryl methyl sites for hydroxylation is 1. The summed E-state index contributed by atoms with van der Waals surface area (Å²) in [7, 11) is 0. The van der Waals surface area contributed by atoms with E-state index in [2.05, 4.69) is 15.5 Å². The molecule has 0 saturated carbocycles. The maximum Gasteiger partial charge on any atom is 0.411 e. The zero-order chi connectivity index (χ0) is 24.1. The Bertz CT molecular complexity index is 1350. The second-order valence-electron chi connectivity index (χ2n) is 7.37. The molecule has 8 nitrogen and oxygen atoms in total. The van der Waals surface area contributed by atoms with E-state index in [9.17, 15) is 14.7 Å². The van der Waals surface area contributed by atoms with Crippen LogP contribution in [0.15, 0.2) is 71.3 Å². The molecule has 4 aromatic rings. The molecule has 0 radical (unpaired) electrons. The van der Waals surface area contributed by atoms with Crippen LogP contribution in [-0.2, 0) is 11.2 Å². The summed E-state index contributed by atoms with van der Waals surface area (Å²) in [5, 5.41) is 16.5. The van der Waals surface area contributed by atoms with Crippen LogP contribution in [-0.4, -0.2) is 33.9 Å². The third-order valence-corrected chi connectivity index (χ3v) is 5.41. The van der Waals surface area contributed by atoms with Gasteiger partial charge in [-0.15, -0.1) is 0 Å². The molecular formula is C25H20ClN3O5. The van der Waals surface area contributed by atoms with E-state index in [4.69, 9.17) is 20.9 Å². The fourth-order valence-corrected chi connectivity index (χ4v) is 3.57. The summed E-state index contributed by atoms with van der Waals surface area (Å²) in [4.78, 5) is 27.8. The highest BCUT2D eigenvalue weighted by atomic mass is 35.5. The van der Waals surface area contributed by atoms with Crippen molar-refractivity contribution in [2.75, 3.05) is 11.9 Å². The average Bonchev–Trinajstić information content (AvgIpc) is 3.20. The summed E-state index contributed by atoms with van der Waals surface area (Å²) in [6, 6.07) is 19.3. The van der Waals surface area contributed by atoms with E-state index in [0.29, 0.717) is 45.4 Å². The number of amides is 1. The Balaban J connectivity index is 1.50. The Morgan fingerprint density at radius 1 is 1.06 bits per heavy atom. The van der Waals surface area contributed by atoms with Gasteiger partial charge in [0, 0.05) is 22.6 Å². The molecule has 0 aliphatic rings. The van der Waals surface area contributed by atoms with Gasteiger partial charge in [0.15, 0.2) is 5.76 Å². The van der Waals surface area contributed by atoms with Crippen molar-refractivity contribution in [1.29, 1.82) is 0 Å². The summed E-state index contributed by atoms with van der Waals surface area (Å²) < 4.78 is 10.8. The molecule has 0 fully saturated rings. The van der Waals surface area contributed by atoms with E-state index in [0.717, 1.165) is 5.56 Å². The molecule has 0 unspecified atom stereocenters. The van der Waals surface area contributed by atoms with Crippen molar-refractivity contribution >= 4 is 29.4 Å². The van der Waals surface area contributed by atoms with Crippen LogP contribution >= 0.6 is 11.6 Å². The number of halogens is 1. The minimum Gasteiger partial charge on any atom is -0.477 e. The maximum atomic E-state index is 12.4. The maximum absolute atomic E-state index is 12.4. The molecule has 4 rings (SSSR count). The van der Waals surface area contributed by atoms with Gasteiger partial charge in [-0.05, 0) is 36.8 Å². The van der Waals surface area contributed by atoms with Gasteiger partial charge in [0.05, 0.1) is 12.3 Å². The topological polar surface area (TPSA) is 115 Å². The number of hydrogen-bond acceptors (Lipinski definition) is 6. The van der Waals surface area contributed by atoms with Crippen LogP contribution in [0, 0.1) is 6.92 Å². The molecule has 2 N–H and O–H groups in total. The van der Waals surface area contributed by atoms with Gasteiger partial charge in [0.2, 0.25) is 0 Å². The molecule has 2 heterocycles. The number of carbonyl (C=O) groups is 2. The molecule has 0 atom stereocenters. The van der Waals surface area contributed by atoms with Crippen molar-refractivity contribution in [1.82, 2.24) is 10.1 Å². The summed E-state index contributed by atoms with van der Waals surface area (Å²) in [5.41, 5.74) is 3.50. The van der Waals surface area contributed by atoms with Crippen LogP contribution in [0.3, 0.4) is 0 Å². The summed E-state index contributed by atoms with van der Waals surface area (Å²) >= 11 is 6.13. The first-order valence-electron chi connectivity index (χ1n) is 10.4. The molecule has 0 aliphatic heterocycles. The van der Waals surface area contributed by atoms with Gasteiger partial charge in [0.1, 0.15) is 17.1 Å². The molecule has 0 aliphatic carbocycles. The predicted molar refractivity (Wildman–Crippen MR) is 127 cm³/mol. The number of carboxylic acids is 1. The molecule has 34 heavy (non-hydrogen) atoms. The lowest BCUT2D eigenvalue weighted by Crippen LogP contribution is -2.16. The van der Waals surface area contributed by atoms with E-state index in [1.54, 1.807) is 49.4 Å². The fraction of sp³-hybridized carbons (Fsp3) is 0.120. The van der Waals surface area contributed by atoms with Gasteiger partial charge in [-0.3, -0.25) is 5.32 Å². The number of nitrogens with one attached hydrogen (secondary N) is 1. The van der Waals surface area contributed by atoms with E-state index in [-0.39, 0.29) is 12.3 Å². The molecule has 2 aromatic heterocycles. The molecular weight excluding hydrogens is 458 g/mol. The van der Waals surface area contributed by atoms with Gasteiger partial charge in [-0.1, -0.05) is 59.2 Å². The lowest BCUT2D eigenvalue weighted by Gasteiger charge is -2.09. The molecule has 2 aromatic carbocycles. The number of rotatable bonds is 7. The first-order valence-corrected chi connectivity index (χ1v) is 10.7. The van der Waals surface area contributed by atoms with Gasteiger partial charge in [0.25, 0.3) is 0 Å². The normalized spacial score (nSPS) is 10.6. The Hall–Kier alpha value is -4.17. The number of carbonyl (C=O) groups excluding carboxylic acids is 1. The Morgan fingerprint density at radius 2 is 1.82 bits per heavy atom. The first kappa shape index (κ1) is 23.0. The first-order chi connectivity index (χ1) is 16.4. The standard InChI is InChI=1S/C25H20ClN3O5/c1-15-22(28-25(32)33-13-12-16-6-2-3-9-19(16)26)23(34-29-15)18-8-4-7-17(14-18)20-10-5-11-21(27-20)24(30)31/h2-11,14H,12-13H2,1H3,(H,28,32)(H,30,31). The molecule has 9 heteroatoms. The van der Waals surface area contributed by atoms with Gasteiger partial charge in [-0.2, -0.15) is 0 Å². The molecule has 1 amide bonds. The molecule has 0 spiro atoms. The SMILES string of the molecule is Cc1noc(-c2cccc(-c3cccc(C(=O)O)n3)c2)c1NC(=O)OCCc1ccccc1Cl. The fourth-order valence-electron chi connectivity index (χ4n) is 3.34. The number of nitrogens with zero attached hydrogens (tertiary/aromatic N) is 2. The second kappa shape index (κ2) is 10.2.